The van der Waals surface area contributed by atoms with Crippen molar-refractivity contribution in [2.24, 2.45) is 0 Å². The van der Waals surface area contributed by atoms with Crippen molar-refractivity contribution >= 4 is 16.8 Å². The largest absolute Gasteiger partial charge is 0.357 e. The third-order valence-corrected chi connectivity index (χ3v) is 3.13. The Kier molecular flexibility index (Phi) is 2.13. The van der Waals surface area contributed by atoms with Crippen molar-refractivity contribution in [1.82, 2.24) is 10.3 Å². The molecule has 0 spiro atoms. The number of nitrogens with one attached hydrogen (secondary N) is 2. The Morgan fingerprint density at radius 1 is 1.38 bits per heavy atom. The third-order valence-electron chi connectivity index (χ3n) is 3.13. The van der Waals surface area contributed by atoms with Gasteiger partial charge in [0.05, 0.1) is 6.04 Å². The Morgan fingerprint density at radius 3 is 3.12 bits per heavy atom. The standard InChI is InChI=1S/C13H12N2O/c16-8-6-12-13-10(5-7-14-12)9-3-1-2-4-11(9)15-13/h1-4,6,12,14-15H,5,7H2. The molecule has 3 nitrogen and oxygen atoms in total. The lowest BCUT2D eigenvalue weighted by molar-refractivity contribution is 0.553. The van der Waals surface area contributed by atoms with Gasteiger partial charge in [0.15, 0.2) is 0 Å². The summed E-state index contributed by atoms with van der Waals surface area (Å²) in [6.45, 7) is 0.900. The molecule has 0 amide bonds. The van der Waals surface area contributed by atoms with Gasteiger partial charge in [-0.15, -0.1) is 0 Å². The Morgan fingerprint density at radius 2 is 2.25 bits per heavy atom. The van der Waals surface area contributed by atoms with E-state index in [9.17, 15) is 4.79 Å². The highest BCUT2D eigenvalue weighted by atomic mass is 16.1. The van der Waals surface area contributed by atoms with Crippen molar-refractivity contribution < 1.29 is 4.79 Å². The first-order chi connectivity index (χ1) is 7.90. The minimum absolute atomic E-state index is 0.0198. The predicted molar refractivity (Wildman–Crippen MR) is 63.0 cm³/mol. The van der Waals surface area contributed by atoms with Gasteiger partial charge in [0.25, 0.3) is 0 Å². The molecule has 2 heterocycles. The van der Waals surface area contributed by atoms with Gasteiger partial charge in [-0.05, 0) is 18.1 Å². The number of H-pyrrole nitrogens is 1. The first-order valence-corrected chi connectivity index (χ1v) is 5.44. The van der Waals surface area contributed by atoms with E-state index in [2.05, 4.69) is 22.4 Å². The van der Waals surface area contributed by atoms with Crippen LogP contribution in [0.4, 0.5) is 0 Å². The van der Waals surface area contributed by atoms with Crippen LogP contribution in [-0.2, 0) is 11.2 Å². The van der Waals surface area contributed by atoms with E-state index in [4.69, 9.17) is 0 Å². The molecule has 1 aliphatic heterocycles. The van der Waals surface area contributed by atoms with Crippen LogP contribution in [0.3, 0.4) is 0 Å². The van der Waals surface area contributed by atoms with Gasteiger partial charge in [0, 0.05) is 29.2 Å². The summed E-state index contributed by atoms with van der Waals surface area (Å²) in [6.07, 6.45) is 2.54. The SMILES string of the molecule is O=C=CC1NCCc2c1[nH]c1ccccc21. The fourth-order valence-electron chi connectivity index (χ4n) is 2.42. The number of hydrogen-bond acceptors (Lipinski definition) is 2. The molecule has 1 aliphatic rings. The molecule has 0 saturated carbocycles. The van der Waals surface area contributed by atoms with Crippen LogP contribution < -0.4 is 5.32 Å². The molecule has 0 bridgehead atoms. The van der Waals surface area contributed by atoms with Crippen LogP contribution in [0.2, 0.25) is 0 Å². The molecule has 1 aromatic heterocycles. The van der Waals surface area contributed by atoms with Crippen molar-refractivity contribution in [1.29, 1.82) is 0 Å². The minimum atomic E-state index is -0.0198. The maximum absolute atomic E-state index is 10.5. The summed E-state index contributed by atoms with van der Waals surface area (Å²) in [4.78, 5) is 13.8. The zero-order valence-corrected chi connectivity index (χ0v) is 8.79. The lowest BCUT2D eigenvalue weighted by Gasteiger charge is -2.20. The second kappa shape index (κ2) is 3.63. The Balaban J connectivity index is 2.24. The van der Waals surface area contributed by atoms with E-state index in [1.807, 2.05) is 18.1 Å². The molecule has 0 saturated heterocycles. The zero-order chi connectivity index (χ0) is 11.0. The van der Waals surface area contributed by atoms with E-state index in [1.54, 1.807) is 0 Å². The van der Waals surface area contributed by atoms with Crippen molar-refractivity contribution in [2.45, 2.75) is 12.5 Å². The summed E-state index contributed by atoms with van der Waals surface area (Å²) in [5.74, 6) is 1.87. The normalized spacial score (nSPS) is 19.1. The molecule has 3 rings (SSSR count). The molecule has 3 heteroatoms. The molecule has 1 atom stereocenters. The highest BCUT2D eigenvalue weighted by Gasteiger charge is 2.21. The lowest BCUT2D eigenvalue weighted by Crippen LogP contribution is -2.28. The molecular formula is C13H12N2O. The van der Waals surface area contributed by atoms with Crippen LogP contribution in [0.5, 0.6) is 0 Å². The molecule has 2 aromatic rings. The van der Waals surface area contributed by atoms with Gasteiger partial charge in [-0.2, -0.15) is 0 Å². The molecule has 80 valence electrons. The number of aromatic amines is 1. The van der Waals surface area contributed by atoms with Crippen LogP contribution in [0.1, 0.15) is 17.3 Å². The summed E-state index contributed by atoms with van der Waals surface area (Å²) in [5, 5.41) is 4.55. The zero-order valence-electron chi connectivity index (χ0n) is 8.79. The van der Waals surface area contributed by atoms with Gasteiger partial charge < -0.3 is 10.3 Å². The highest BCUT2D eigenvalue weighted by molar-refractivity contribution is 5.85. The molecule has 2 N–H and O–H groups in total. The number of hydrogen-bond donors (Lipinski definition) is 2. The van der Waals surface area contributed by atoms with Gasteiger partial charge in [-0.1, -0.05) is 18.2 Å². The van der Waals surface area contributed by atoms with Gasteiger partial charge in [0.2, 0.25) is 0 Å². The van der Waals surface area contributed by atoms with Crippen LogP contribution >= 0.6 is 0 Å². The number of aromatic nitrogens is 1. The first kappa shape index (κ1) is 9.40. The van der Waals surface area contributed by atoms with Crippen LogP contribution in [0, 0.1) is 0 Å². The van der Waals surface area contributed by atoms with Crippen LogP contribution in [0.25, 0.3) is 10.9 Å². The second-order valence-corrected chi connectivity index (χ2v) is 4.03. The Labute approximate surface area is 93.2 Å². The van der Waals surface area contributed by atoms with Crippen molar-refractivity contribution in [3.05, 3.63) is 41.6 Å². The van der Waals surface area contributed by atoms with E-state index in [0.29, 0.717) is 0 Å². The number of benzene rings is 1. The average Bonchev–Trinajstić information content (AvgIpc) is 2.69. The van der Waals surface area contributed by atoms with Gasteiger partial charge in [-0.3, -0.25) is 0 Å². The van der Waals surface area contributed by atoms with Crippen LogP contribution in [-0.4, -0.2) is 17.5 Å². The average molecular weight is 212 g/mol. The predicted octanol–water partition coefficient (Wildman–Crippen LogP) is 1.74. The molecule has 1 unspecified atom stereocenters. The fraction of sp³-hybridized carbons (Fsp3) is 0.231. The van der Waals surface area contributed by atoms with Crippen molar-refractivity contribution in [2.75, 3.05) is 6.54 Å². The summed E-state index contributed by atoms with van der Waals surface area (Å²) in [6, 6.07) is 8.23. The summed E-state index contributed by atoms with van der Waals surface area (Å²) in [5.41, 5.74) is 3.57. The second-order valence-electron chi connectivity index (χ2n) is 4.03. The topological polar surface area (TPSA) is 44.9 Å². The molecule has 0 aliphatic carbocycles. The maximum Gasteiger partial charge on any atom is 0.122 e. The highest BCUT2D eigenvalue weighted by Crippen LogP contribution is 2.29. The van der Waals surface area contributed by atoms with E-state index in [0.717, 1.165) is 24.2 Å². The summed E-state index contributed by atoms with van der Waals surface area (Å²) in [7, 11) is 0. The third kappa shape index (κ3) is 1.30. The number of carbonyl (C=O) groups excluding carboxylic acids is 1. The number of para-hydroxylation sites is 1. The number of rotatable bonds is 1. The molecule has 0 radical (unpaired) electrons. The Hall–Kier alpha value is -1.83. The monoisotopic (exact) mass is 212 g/mol. The molecule has 1 aromatic carbocycles. The smallest absolute Gasteiger partial charge is 0.122 e. The van der Waals surface area contributed by atoms with Crippen molar-refractivity contribution in [3.63, 3.8) is 0 Å². The van der Waals surface area contributed by atoms with E-state index in [1.165, 1.54) is 17.0 Å². The van der Waals surface area contributed by atoms with Gasteiger partial charge >= 0.3 is 0 Å². The van der Waals surface area contributed by atoms with Gasteiger partial charge in [-0.25, -0.2) is 4.79 Å². The minimum Gasteiger partial charge on any atom is -0.357 e. The van der Waals surface area contributed by atoms with Crippen molar-refractivity contribution in [3.8, 4) is 0 Å². The van der Waals surface area contributed by atoms with Crippen LogP contribution in [0.15, 0.2) is 30.3 Å². The first-order valence-electron chi connectivity index (χ1n) is 5.44. The summed E-state index contributed by atoms with van der Waals surface area (Å²) >= 11 is 0. The maximum atomic E-state index is 10.5. The summed E-state index contributed by atoms with van der Waals surface area (Å²) < 4.78 is 0. The quantitative estimate of drug-likeness (QED) is 0.707. The molecule has 16 heavy (non-hydrogen) atoms. The van der Waals surface area contributed by atoms with E-state index < -0.39 is 0 Å². The lowest BCUT2D eigenvalue weighted by atomic mass is 9.99. The number of fused-ring (bicyclic) bond motifs is 3. The van der Waals surface area contributed by atoms with E-state index in [-0.39, 0.29) is 6.04 Å². The van der Waals surface area contributed by atoms with E-state index >= 15 is 0 Å². The fourth-order valence-corrected chi connectivity index (χ4v) is 2.42. The Bertz CT molecular complexity index is 579. The van der Waals surface area contributed by atoms with Gasteiger partial charge in [0.1, 0.15) is 5.94 Å². The molecule has 0 fully saturated rings. The molecular weight excluding hydrogens is 200 g/mol.